The van der Waals surface area contributed by atoms with Gasteiger partial charge in [0.15, 0.2) is 5.43 Å². The summed E-state index contributed by atoms with van der Waals surface area (Å²) in [5, 5.41) is 0.666. The predicted octanol–water partition coefficient (Wildman–Crippen LogP) is 2.76. The molecular weight excluding hydrogens is 272 g/mol. The molecule has 1 N–H and O–H groups in total. The van der Waals surface area contributed by atoms with Crippen LogP contribution < -0.4 is 10.2 Å². The van der Waals surface area contributed by atoms with Crippen molar-refractivity contribution >= 4 is 28.1 Å². The lowest BCUT2D eigenvalue weighted by Crippen LogP contribution is -2.24. The zero-order valence-corrected chi connectivity index (χ0v) is 12.5. The van der Waals surface area contributed by atoms with Crippen LogP contribution in [0.25, 0.3) is 10.9 Å². The van der Waals surface area contributed by atoms with Crippen LogP contribution in [0.5, 0.6) is 5.75 Å². The summed E-state index contributed by atoms with van der Waals surface area (Å²) in [4.78, 5) is 18.9. The van der Waals surface area contributed by atoms with Gasteiger partial charge in [0.05, 0.1) is 18.1 Å². The third-order valence-corrected chi connectivity index (χ3v) is 4.19. The molecule has 20 heavy (non-hydrogen) atoms. The van der Waals surface area contributed by atoms with Crippen molar-refractivity contribution in [2.75, 3.05) is 7.11 Å². The monoisotopic (exact) mass is 288 g/mol. The highest BCUT2D eigenvalue weighted by atomic mass is 32.1. The highest BCUT2D eigenvalue weighted by Crippen LogP contribution is 2.32. The SMILES string of the molecule is COc1ccc2[nH]c3c(c(=O)c2c1)CN(C(C)=S)C3C. The summed E-state index contributed by atoms with van der Waals surface area (Å²) in [6.07, 6.45) is 0. The number of H-pyrrole nitrogens is 1. The van der Waals surface area contributed by atoms with E-state index in [-0.39, 0.29) is 11.5 Å². The number of hydrogen-bond donors (Lipinski definition) is 1. The van der Waals surface area contributed by atoms with E-state index in [1.807, 2.05) is 19.1 Å². The summed E-state index contributed by atoms with van der Waals surface area (Å²) in [6.45, 7) is 4.53. The van der Waals surface area contributed by atoms with Gasteiger partial charge in [0.2, 0.25) is 0 Å². The van der Waals surface area contributed by atoms with Crippen LogP contribution in [0.4, 0.5) is 0 Å². The second kappa shape index (κ2) is 4.59. The first-order chi connectivity index (χ1) is 9.52. The molecule has 0 saturated heterocycles. The molecule has 0 fully saturated rings. The molecule has 1 atom stereocenters. The summed E-state index contributed by atoms with van der Waals surface area (Å²) in [5.74, 6) is 0.692. The van der Waals surface area contributed by atoms with Crippen LogP contribution in [-0.4, -0.2) is 22.0 Å². The molecule has 2 heterocycles. The Hall–Kier alpha value is -1.88. The Bertz CT molecular complexity index is 766. The average Bonchev–Trinajstić information content (AvgIpc) is 2.77. The molecule has 1 aliphatic rings. The number of pyridine rings is 1. The standard InChI is InChI=1S/C15H16N2O2S/c1-8-14-12(7-17(8)9(2)20)15(18)11-6-10(19-3)4-5-13(11)16-14/h4-6,8H,7H2,1-3H3,(H,16,18). The summed E-state index contributed by atoms with van der Waals surface area (Å²) in [6, 6.07) is 5.63. The number of nitrogens with zero attached hydrogens (tertiary/aromatic N) is 1. The fraction of sp³-hybridized carbons (Fsp3) is 0.333. The van der Waals surface area contributed by atoms with Crippen molar-refractivity contribution in [1.82, 2.24) is 9.88 Å². The van der Waals surface area contributed by atoms with E-state index in [1.165, 1.54) is 0 Å². The average molecular weight is 288 g/mol. The van der Waals surface area contributed by atoms with Gasteiger partial charge >= 0.3 is 0 Å². The van der Waals surface area contributed by atoms with Gasteiger partial charge in [0.1, 0.15) is 5.75 Å². The molecule has 0 radical (unpaired) electrons. The maximum atomic E-state index is 12.7. The Labute approximate surface area is 122 Å². The van der Waals surface area contributed by atoms with Gasteiger partial charge in [0.25, 0.3) is 0 Å². The van der Waals surface area contributed by atoms with Crippen LogP contribution in [0.15, 0.2) is 23.0 Å². The lowest BCUT2D eigenvalue weighted by molar-refractivity contribution is 0.369. The van der Waals surface area contributed by atoms with Crippen molar-refractivity contribution in [1.29, 1.82) is 0 Å². The van der Waals surface area contributed by atoms with Crippen LogP contribution in [0.1, 0.15) is 31.1 Å². The van der Waals surface area contributed by atoms with Gasteiger partial charge in [0, 0.05) is 28.7 Å². The second-order valence-electron chi connectivity index (χ2n) is 5.08. The van der Waals surface area contributed by atoms with Crippen LogP contribution in [0.3, 0.4) is 0 Å². The predicted molar refractivity (Wildman–Crippen MR) is 83.4 cm³/mol. The van der Waals surface area contributed by atoms with E-state index < -0.39 is 0 Å². The zero-order valence-electron chi connectivity index (χ0n) is 11.7. The Balaban J connectivity index is 2.25. The van der Waals surface area contributed by atoms with E-state index in [0.29, 0.717) is 17.7 Å². The zero-order chi connectivity index (χ0) is 14.4. The fourth-order valence-corrected chi connectivity index (χ4v) is 3.04. The Kier molecular flexibility index (Phi) is 3.01. The molecule has 0 spiro atoms. The summed E-state index contributed by atoms with van der Waals surface area (Å²) < 4.78 is 5.19. The van der Waals surface area contributed by atoms with Gasteiger partial charge < -0.3 is 14.6 Å². The first-order valence-corrected chi connectivity index (χ1v) is 6.93. The maximum absolute atomic E-state index is 12.7. The van der Waals surface area contributed by atoms with Crippen molar-refractivity contribution in [2.45, 2.75) is 26.4 Å². The van der Waals surface area contributed by atoms with Crippen LogP contribution in [-0.2, 0) is 6.54 Å². The van der Waals surface area contributed by atoms with E-state index in [2.05, 4.69) is 16.8 Å². The smallest absolute Gasteiger partial charge is 0.194 e. The van der Waals surface area contributed by atoms with Crippen LogP contribution >= 0.6 is 12.2 Å². The van der Waals surface area contributed by atoms with Crippen molar-refractivity contribution in [3.8, 4) is 5.75 Å². The number of thiocarbonyl (C=S) groups is 1. The minimum atomic E-state index is 0.0678. The number of methoxy groups -OCH3 is 1. The van der Waals surface area contributed by atoms with Crippen molar-refractivity contribution < 1.29 is 4.74 Å². The molecule has 1 aromatic heterocycles. The maximum Gasteiger partial charge on any atom is 0.194 e. The molecule has 0 amide bonds. The van der Waals surface area contributed by atoms with Gasteiger partial charge in [-0.25, -0.2) is 0 Å². The molecule has 1 unspecified atom stereocenters. The highest BCUT2D eigenvalue weighted by molar-refractivity contribution is 7.80. The number of hydrogen-bond acceptors (Lipinski definition) is 3. The topological polar surface area (TPSA) is 45.3 Å². The Morgan fingerprint density at radius 2 is 2.25 bits per heavy atom. The second-order valence-corrected chi connectivity index (χ2v) is 5.67. The molecule has 3 rings (SSSR count). The number of aromatic amines is 1. The van der Waals surface area contributed by atoms with Crippen molar-refractivity contribution in [2.24, 2.45) is 0 Å². The van der Waals surface area contributed by atoms with Crippen LogP contribution in [0.2, 0.25) is 0 Å². The molecule has 0 saturated carbocycles. The molecule has 2 aromatic rings. The number of benzene rings is 1. The third kappa shape index (κ3) is 1.81. The summed E-state index contributed by atoms with van der Waals surface area (Å²) >= 11 is 5.26. The fourth-order valence-electron chi connectivity index (χ4n) is 2.81. The number of rotatable bonds is 1. The van der Waals surface area contributed by atoms with E-state index in [0.717, 1.165) is 21.8 Å². The normalized spacial score (nSPS) is 17.4. The van der Waals surface area contributed by atoms with E-state index >= 15 is 0 Å². The third-order valence-electron chi connectivity index (χ3n) is 3.96. The number of nitrogens with one attached hydrogen (secondary N) is 1. The molecule has 4 nitrogen and oxygen atoms in total. The van der Waals surface area contributed by atoms with Crippen molar-refractivity contribution in [3.05, 3.63) is 39.7 Å². The lowest BCUT2D eigenvalue weighted by atomic mass is 10.1. The Morgan fingerprint density at radius 1 is 1.50 bits per heavy atom. The molecule has 5 heteroatoms. The summed E-state index contributed by atoms with van der Waals surface area (Å²) in [5.41, 5.74) is 2.68. The van der Waals surface area contributed by atoms with Crippen molar-refractivity contribution in [3.63, 3.8) is 0 Å². The first-order valence-electron chi connectivity index (χ1n) is 6.53. The van der Waals surface area contributed by atoms with E-state index in [4.69, 9.17) is 17.0 Å². The highest BCUT2D eigenvalue weighted by Gasteiger charge is 2.30. The number of fused-ring (bicyclic) bond motifs is 2. The summed E-state index contributed by atoms with van der Waals surface area (Å²) in [7, 11) is 1.60. The van der Waals surface area contributed by atoms with Gasteiger partial charge in [-0.3, -0.25) is 4.79 Å². The lowest BCUT2D eigenvalue weighted by Gasteiger charge is -2.21. The van der Waals surface area contributed by atoms with Gasteiger partial charge in [-0.2, -0.15) is 0 Å². The first kappa shape index (κ1) is 13.1. The molecule has 1 aromatic carbocycles. The minimum Gasteiger partial charge on any atom is -0.497 e. The largest absolute Gasteiger partial charge is 0.497 e. The number of aromatic nitrogens is 1. The Morgan fingerprint density at radius 3 is 2.90 bits per heavy atom. The van der Waals surface area contributed by atoms with Gasteiger partial charge in [-0.15, -0.1) is 0 Å². The molecular formula is C15H16N2O2S. The van der Waals surface area contributed by atoms with E-state index in [9.17, 15) is 4.79 Å². The van der Waals surface area contributed by atoms with Gasteiger partial charge in [-0.1, -0.05) is 12.2 Å². The van der Waals surface area contributed by atoms with E-state index in [1.54, 1.807) is 13.2 Å². The molecule has 0 bridgehead atoms. The van der Waals surface area contributed by atoms with Crippen LogP contribution in [0, 0.1) is 0 Å². The molecule has 1 aliphatic heterocycles. The molecule has 0 aliphatic carbocycles. The molecule has 104 valence electrons. The van der Waals surface area contributed by atoms with Gasteiger partial charge in [-0.05, 0) is 32.0 Å². The quantitative estimate of drug-likeness (QED) is 0.820. The number of ether oxygens (including phenoxy) is 1. The minimum absolute atomic E-state index is 0.0678.